The van der Waals surface area contributed by atoms with Crippen molar-refractivity contribution in [1.29, 1.82) is 0 Å². The molecular weight excluding hydrogens is 443 g/mol. The number of nitrogens with two attached hydrogens (primary N) is 1. The van der Waals surface area contributed by atoms with Crippen molar-refractivity contribution in [3.05, 3.63) is 24.4 Å². The molecule has 1 aromatic rings. The number of anilines is 1. The van der Waals surface area contributed by atoms with Crippen LogP contribution < -0.4 is 15.4 Å². The molecule has 3 N–H and O–H groups in total. The van der Waals surface area contributed by atoms with E-state index in [9.17, 15) is 8.42 Å². The Labute approximate surface area is 160 Å². The molecule has 1 saturated heterocycles. The summed E-state index contributed by atoms with van der Waals surface area (Å²) in [5.74, 6) is 1.57. The van der Waals surface area contributed by atoms with E-state index >= 15 is 0 Å². The van der Waals surface area contributed by atoms with Crippen molar-refractivity contribution < 1.29 is 8.42 Å². The number of halogens is 1. The Balaban J connectivity index is 0.00000288. The molecule has 0 aliphatic carbocycles. The zero-order chi connectivity index (χ0) is 16.7. The van der Waals surface area contributed by atoms with Gasteiger partial charge in [-0.25, -0.2) is 18.5 Å². The van der Waals surface area contributed by atoms with E-state index in [-0.39, 0.29) is 36.3 Å². The average molecular weight is 468 g/mol. The van der Waals surface area contributed by atoms with E-state index < -0.39 is 10.0 Å². The summed E-state index contributed by atoms with van der Waals surface area (Å²) in [6.45, 7) is 6.18. The van der Waals surface area contributed by atoms with Crippen LogP contribution in [0, 0.1) is 0 Å². The highest BCUT2D eigenvalue weighted by atomic mass is 127. The molecule has 1 aliphatic heterocycles. The maximum absolute atomic E-state index is 11.0. The lowest BCUT2D eigenvalue weighted by Crippen LogP contribution is -2.52. The van der Waals surface area contributed by atoms with Crippen LogP contribution in [-0.4, -0.2) is 69.3 Å². The molecule has 24 heavy (non-hydrogen) atoms. The molecule has 136 valence electrons. The molecule has 2 rings (SSSR count). The van der Waals surface area contributed by atoms with Crippen molar-refractivity contribution in [3.63, 3.8) is 0 Å². The minimum absolute atomic E-state index is 0. The minimum Gasteiger partial charge on any atom is -0.357 e. The second-order valence-electron chi connectivity index (χ2n) is 5.26. The topological polar surface area (TPSA) is 104 Å². The Morgan fingerprint density at radius 1 is 1.33 bits per heavy atom. The fraction of sp³-hybridized carbons (Fsp3) is 0.571. The van der Waals surface area contributed by atoms with Crippen LogP contribution in [0.15, 0.2) is 29.4 Å². The van der Waals surface area contributed by atoms with Crippen LogP contribution in [0.4, 0.5) is 5.82 Å². The smallest absolute Gasteiger partial charge is 0.210 e. The number of piperazine rings is 1. The van der Waals surface area contributed by atoms with Crippen LogP contribution in [0.5, 0.6) is 0 Å². The number of aliphatic imine (C=N–C) groups is 1. The van der Waals surface area contributed by atoms with E-state index in [0.717, 1.165) is 44.5 Å². The zero-order valence-corrected chi connectivity index (χ0v) is 16.9. The van der Waals surface area contributed by atoms with Gasteiger partial charge in [0, 0.05) is 38.9 Å². The van der Waals surface area contributed by atoms with Crippen molar-refractivity contribution in [3.8, 4) is 0 Å². The van der Waals surface area contributed by atoms with E-state index in [4.69, 9.17) is 5.14 Å². The van der Waals surface area contributed by atoms with Gasteiger partial charge >= 0.3 is 0 Å². The fourth-order valence-corrected chi connectivity index (χ4v) is 2.74. The van der Waals surface area contributed by atoms with E-state index in [1.165, 1.54) is 0 Å². The maximum Gasteiger partial charge on any atom is 0.210 e. The van der Waals surface area contributed by atoms with Crippen molar-refractivity contribution in [2.45, 2.75) is 6.92 Å². The Hall–Kier alpha value is -1.14. The summed E-state index contributed by atoms with van der Waals surface area (Å²) in [6.07, 6.45) is 1.79. The van der Waals surface area contributed by atoms with Gasteiger partial charge < -0.3 is 15.1 Å². The molecule has 0 amide bonds. The van der Waals surface area contributed by atoms with Gasteiger partial charge in [0.05, 0.1) is 12.3 Å². The number of primary sulfonamides is 1. The number of nitrogens with zero attached hydrogens (tertiary/aromatic N) is 4. The van der Waals surface area contributed by atoms with Gasteiger partial charge in [-0.15, -0.1) is 24.0 Å². The van der Waals surface area contributed by atoms with Gasteiger partial charge in [-0.05, 0) is 19.1 Å². The minimum atomic E-state index is -3.48. The van der Waals surface area contributed by atoms with Gasteiger partial charge in [-0.2, -0.15) is 0 Å². The molecule has 0 spiro atoms. The number of nitrogens with one attached hydrogen (secondary N) is 1. The van der Waals surface area contributed by atoms with Gasteiger partial charge in [0.1, 0.15) is 5.82 Å². The van der Waals surface area contributed by atoms with E-state index in [1.54, 1.807) is 6.20 Å². The van der Waals surface area contributed by atoms with Crippen LogP contribution >= 0.6 is 24.0 Å². The second kappa shape index (κ2) is 9.99. The van der Waals surface area contributed by atoms with Crippen LogP contribution in [-0.2, 0) is 10.0 Å². The Kier molecular flexibility index (Phi) is 8.70. The summed E-state index contributed by atoms with van der Waals surface area (Å²) < 4.78 is 22.0. The fourth-order valence-electron chi connectivity index (χ4n) is 2.39. The molecule has 0 radical (unpaired) electrons. The number of aromatic nitrogens is 1. The molecule has 10 heteroatoms. The van der Waals surface area contributed by atoms with Gasteiger partial charge in [0.25, 0.3) is 0 Å². The van der Waals surface area contributed by atoms with Crippen LogP contribution in [0.25, 0.3) is 0 Å². The third-order valence-corrected chi connectivity index (χ3v) is 4.28. The highest BCUT2D eigenvalue weighted by Gasteiger charge is 2.20. The monoisotopic (exact) mass is 468 g/mol. The third-order valence-electron chi connectivity index (χ3n) is 3.52. The third kappa shape index (κ3) is 6.77. The van der Waals surface area contributed by atoms with Gasteiger partial charge in [0.2, 0.25) is 10.0 Å². The van der Waals surface area contributed by atoms with E-state index in [0.29, 0.717) is 0 Å². The molecular formula is C14H25IN6O2S. The van der Waals surface area contributed by atoms with Crippen molar-refractivity contribution >= 4 is 45.8 Å². The summed E-state index contributed by atoms with van der Waals surface area (Å²) in [6, 6.07) is 5.88. The maximum atomic E-state index is 11.0. The first-order chi connectivity index (χ1) is 11.0. The number of pyridine rings is 1. The molecule has 0 bridgehead atoms. The van der Waals surface area contributed by atoms with Crippen molar-refractivity contribution in [2.24, 2.45) is 10.1 Å². The highest BCUT2D eigenvalue weighted by Crippen LogP contribution is 2.12. The first-order valence-corrected chi connectivity index (χ1v) is 9.41. The molecule has 0 atom stereocenters. The average Bonchev–Trinajstić information content (AvgIpc) is 2.54. The standard InChI is InChI=1S/C14H24N6O2S.HI/c1-2-16-14(18-7-12-23(15,21)22)20-10-8-19(9-11-20)13-5-3-4-6-17-13;/h3-6H,2,7-12H2,1H3,(H,16,18)(H2,15,21,22);1H. The SMILES string of the molecule is CCNC(=NCCS(N)(=O)=O)N1CCN(c2ccccn2)CC1.I. The lowest BCUT2D eigenvalue weighted by Gasteiger charge is -2.37. The first-order valence-electron chi connectivity index (χ1n) is 7.69. The van der Waals surface area contributed by atoms with Gasteiger partial charge in [0.15, 0.2) is 5.96 Å². The summed E-state index contributed by atoms with van der Waals surface area (Å²) in [4.78, 5) is 13.1. The number of sulfonamides is 1. The molecule has 1 aliphatic rings. The highest BCUT2D eigenvalue weighted by molar-refractivity contribution is 14.0. The lowest BCUT2D eigenvalue weighted by atomic mass is 10.3. The summed E-state index contributed by atoms with van der Waals surface area (Å²) in [5, 5.41) is 8.21. The van der Waals surface area contributed by atoms with Crippen LogP contribution in [0.3, 0.4) is 0 Å². The van der Waals surface area contributed by atoms with Crippen LogP contribution in [0.2, 0.25) is 0 Å². The number of hydrogen-bond acceptors (Lipinski definition) is 5. The number of hydrogen-bond donors (Lipinski definition) is 2. The normalized spacial score (nSPS) is 15.8. The largest absolute Gasteiger partial charge is 0.357 e. The van der Waals surface area contributed by atoms with Gasteiger partial charge in [-0.1, -0.05) is 6.07 Å². The molecule has 1 aromatic heterocycles. The quantitative estimate of drug-likeness (QED) is 0.360. The number of guanidine groups is 1. The summed E-state index contributed by atoms with van der Waals surface area (Å²) in [7, 11) is -3.48. The lowest BCUT2D eigenvalue weighted by molar-refractivity contribution is 0.372. The molecule has 2 heterocycles. The predicted molar refractivity (Wildman–Crippen MR) is 107 cm³/mol. The second-order valence-corrected chi connectivity index (χ2v) is 7.00. The molecule has 0 saturated carbocycles. The number of rotatable bonds is 5. The molecule has 0 unspecified atom stereocenters. The first kappa shape index (κ1) is 20.9. The Morgan fingerprint density at radius 2 is 2.04 bits per heavy atom. The van der Waals surface area contributed by atoms with Gasteiger partial charge in [-0.3, -0.25) is 4.99 Å². The molecule has 1 fully saturated rings. The molecule has 0 aromatic carbocycles. The van der Waals surface area contributed by atoms with E-state index in [2.05, 4.69) is 25.1 Å². The summed E-state index contributed by atoms with van der Waals surface area (Å²) >= 11 is 0. The zero-order valence-electron chi connectivity index (χ0n) is 13.8. The van der Waals surface area contributed by atoms with Crippen molar-refractivity contribution in [2.75, 3.05) is 49.9 Å². The van der Waals surface area contributed by atoms with E-state index in [1.807, 2.05) is 25.1 Å². The molecule has 8 nitrogen and oxygen atoms in total. The van der Waals surface area contributed by atoms with Crippen LogP contribution in [0.1, 0.15) is 6.92 Å². The Morgan fingerprint density at radius 3 is 2.58 bits per heavy atom. The summed E-state index contributed by atoms with van der Waals surface area (Å²) in [5.41, 5.74) is 0. The van der Waals surface area contributed by atoms with Crippen molar-refractivity contribution in [1.82, 2.24) is 15.2 Å². The predicted octanol–water partition coefficient (Wildman–Crippen LogP) is 0.0756. The Bertz CT molecular complexity index is 617.